The Morgan fingerprint density at radius 3 is 2.88 bits per heavy atom. The van der Waals surface area contributed by atoms with Crippen LogP contribution in [-0.2, 0) is 6.42 Å². The molecule has 0 saturated carbocycles. The van der Waals surface area contributed by atoms with E-state index < -0.39 is 11.7 Å². The van der Waals surface area contributed by atoms with Gasteiger partial charge in [0.1, 0.15) is 6.29 Å². The topological polar surface area (TPSA) is 86.2 Å². The summed E-state index contributed by atoms with van der Waals surface area (Å²) in [6, 6.07) is 1.06. The Kier molecular flexibility index (Phi) is 2.63. The largest absolute Gasteiger partial charge is 0.364 e. The lowest BCUT2D eigenvalue weighted by Gasteiger charge is -2.03. The second-order valence-corrected chi connectivity index (χ2v) is 3.50. The van der Waals surface area contributed by atoms with E-state index in [9.17, 15) is 14.0 Å². The van der Waals surface area contributed by atoms with Gasteiger partial charge in [0.15, 0.2) is 11.5 Å². The van der Waals surface area contributed by atoms with Crippen molar-refractivity contribution in [2.75, 3.05) is 0 Å². The fraction of sp³-hybridized carbons (Fsp3) is 0.182. The van der Waals surface area contributed by atoms with Gasteiger partial charge in [0.05, 0.1) is 5.39 Å². The van der Waals surface area contributed by atoms with Crippen LogP contribution >= 0.6 is 0 Å². The number of aryl methyl sites for hydroxylation is 1. The third-order valence-electron chi connectivity index (χ3n) is 2.56. The summed E-state index contributed by atoms with van der Waals surface area (Å²) in [6.45, 7) is 1.78. The molecule has 5 nitrogen and oxygen atoms in total. The maximum absolute atomic E-state index is 13.6. The third-order valence-corrected chi connectivity index (χ3v) is 2.56. The van der Waals surface area contributed by atoms with Crippen LogP contribution in [0, 0.1) is 5.82 Å². The molecule has 0 atom stereocenters. The Bertz CT molecular complexity index is 619. The number of halogens is 1. The molecule has 1 aromatic carbocycles. The highest BCUT2D eigenvalue weighted by Crippen LogP contribution is 2.28. The van der Waals surface area contributed by atoms with Crippen LogP contribution in [0.4, 0.5) is 4.39 Å². The van der Waals surface area contributed by atoms with Crippen molar-refractivity contribution in [3.05, 3.63) is 28.7 Å². The summed E-state index contributed by atoms with van der Waals surface area (Å²) in [4.78, 5) is 22.0. The molecule has 17 heavy (non-hydrogen) atoms. The number of aldehydes is 1. The van der Waals surface area contributed by atoms with Crippen molar-refractivity contribution in [2.45, 2.75) is 13.3 Å². The molecule has 1 amide bonds. The Hall–Kier alpha value is -2.24. The van der Waals surface area contributed by atoms with Gasteiger partial charge in [-0.05, 0) is 18.1 Å². The minimum absolute atomic E-state index is 0.152. The van der Waals surface area contributed by atoms with E-state index in [1.54, 1.807) is 6.92 Å². The first-order valence-electron chi connectivity index (χ1n) is 4.95. The van der Waals surface area contributed by atoms with Crippen molar-refractivity contribution in [1.82, 2.24) is 5.16 Å². The van der Waals surface area contributed by atoms with Gasteiger partial charge >= 0.3 is 0 Å². The van der Waals surface area contributed by atoms with E-state index in [-0.39, 0.29) is 22.2 Å². The lowest BCUT2D eigenvalue weighted by Crippen LogP contribution is -2.12. The van der Waals surface area contributed by atoms with Crippen molar-refractivity contribution < 1.29 is 18.5 Å². The van der Waals surface area contributed by atoms with Crippen LogP contribution < -0.4 is 5.73 Å². The second-order valence-electron chi connectivity index (χ2n) is 3.50. The maximum Gasteiger partial charge on any atom is 0.271 e. The van der Waals surface area contributed by atoms with Gasteiger partial charge in [0, 0.05) is 5.56 Å². The van der Waals surface area contributed by atoms with Gasteiger partial charge in [-0.25, -0.2) is 4.39 Å². The molecule has 0 aliphatic carbocycles. The number of carbonyl (C=O) groups is 2. The van der Waals surface area contributed by atoms with Crippen molar-refractivity contribution in [2.24, 2.45) is 5.73 Å². The highest BCUT2D eigenvalue weighted by atomic mass is 19.1. The van der Waals surface area contributed by atoms with Crippen LogP contribution in [0.1, 0.15) is 33.3 Å². The van der Waals surface area contributed by atoms with E-state index in [2.05, 4.69) is 5.16 Å². The van der Waals surface area contributed by atoms with Gasteiger partial charge in [-0.15, -0.1) is 0 Å². The van der Waals surface area contributed by atoms with E-state index in [0.717, 1.165) is 6.07 Å². The van der Waals surface area contributed by atoms with E-state index in [1.165, 1.54) is 0 Å². The number of hydrogen-bond acceptors (Lipinski definition) is 4. The fourth-order valence-electron chi connectivity index (χ4n) is 1.82. The minimum atomic E-state index is -0.819. The molecule has 2 rings (SSSR count). The van der Waals surface area contributed by atoms with Gasteiger partial charge in [0.2, 0.25) is 5.58 Å². The third kappa shape index (κ3) is 1.57. The van der Waals surface area contributed by atoms with Crippen molar-refractivity contribution in [3.63, 3.8) is 0 Å². The molecular formula is C11H9FN2O3. The number of nitrogens with zero attached hydrogens (tertiary/aromatic N) is 1. The van der Waals surface area contributed by atoms with Gasteiger partial charge in [-0.3, -0.25) is 9.59 Å². The van der Waals surface area contributed by atoms with Crippen molar-refractivity contribution in [1.29, 1.82) is 0 Å². The molecule has 0 unspecified atom stereocenters. The quantitative estimate of drug-likeness (QED) is 0.817. The van der Waals surface area contributed by atoms with Gasteiger partial charge in [-0.2, -0.15) is 0 Å². The van der Waals surface area contributed by atoms with Crippen LogP contribution in [-0.4, -0.2) is 17.4 Å². The summed E-state index contributed by atoms with van der Waals surface area (Å²) in [5.74, 6) is -1.56. The first-order chi connectivity index (χ1) is 8.10. The fourth-order valence-corrected chi connectivity index (χ4v) is 1.82. The molecule has 1 heterocycles. The zero-order valence-electron chi connectivity index (χ0n) is 8.99. The molecular weight excluding hydrogens is 227 g/mol. The number of rotatable bonds is 3. The Labute approximate surface area is 95.4 Å². The lowest BCUT2D eigenvalue weighted by atomic mass is 9.99. The molecule has 0 spiro atoms. The number of nitrogens with two attached hydrogens (primary N) is 1. The Balaban J connectivity index is 2.95. The van der Waals surface area contributed by atoms with E-state index in [4.69, 9.17) is 10.3 Å². The zero-order valence-corrected chi connectivity index (χ0v) is 8.99. The number of aromatic nitrogens is 1. The first kappa shape index (κ1) is 11.3. The predicted molar refractivity (Wildman–Crippen MR) is 57.3 cm³/mol. The molecule has 1 aromatic heterocycles. The Morgan fingerprint density at radius 1 is 1.65 bits per heavy atom. The minimum Gasteiger partial charge on any atom is -0.364 e. The number of carbonyl (C=O) groups excluding carboxylic acids is 2. The second kappa shape index (κ2) is 3.97. The molecule has 6 heteroatoms. The standard InChI is InChI=1S/C11H9FN2O3/c1-2-6-5(4-15)3-7(12)10-8(6)9(11(13)16)14-17-10/h3-4H,2H2,1H3,(H2,13,16). The molecule has 88 valence electrons. The van der Waals surface area contributed by atoms with Crippen LogP contribution in [0.5, 0.6) is 0 Å². The number of primary amides is 1. The predicted octanol–water partition coefficient (Wildman–Crippen LogP) is 1.44. The summed E-state index contributed by atoms with van der Waals surface area (Å²) < 4.78 is 18.3. The summed E-state index contributed by atoms with van der Waals surface area (Å²) >= 11 is 0. The number of fused-ring (bicyclic) bond motifs is 1. The highest BCUT2D eigenvalue weighted by molar-refractivity contribution is 6.06. The van der Waals surface area contributed by atoms with Gasteiger partial charge < -0.3 is 10.3 Å². The molecule has 0 aliphatic heterocycles. The smallest absolute Gasteiger partial charge is 0.271 e. The van der Waals surface area contributed by atoms with Crippen molar-refractivity contribution >= 4 is 23.2 Å². The van der Waals surface area contributed by atoms with Crippen molar-refractivity contribution in [3.8, 4) is 0 Å². The Morgan fingerprint density at radius 2 is 2.35 bits per heavy atom. The van der Waals surface area contributed by atoms with E-state index in [1.807, 2.05) is 0 Å². The number of amides is 1. The summed E-state index contributed by atoms with van der Waals surface area (Å²) in [6.07, 6.45) is 0.964. The van der Waals surface area contributed by atoms with Gasteiger partial charge in [-0.1, -0.05) is 12.1 Å². The summed E-state index contributed by atoms with van der Waals surface area (Å²) in [5, 5.41) is 3.62. The zero-order chi connectivity index (χ0) is 12.6. The maximum atomic E-state index is 13.6. The van der Waals surface area contributed by atoms with Crippen LogP contribution in [0.2, 0.25) is 0 Å². The number of benzene rings is 1. The normalized spacial score (nSPS) is 10.7. The molecule has 0 aliphatic rings. The molecule has 0 bridgehead atoms. The van der Waals surface area contributed by atoms with Crippen LogP contribution in [0.25, 0.3) is 11.0 Å². The summed E-state index contributed by atoms with van der Waals surface area (Å²) in [7, 11) is 0. The molecule has 2 aromatic rings. The van der Waals surface area contributed by atoms with E-state index >= 15 is 0 Å². The van der Waals surface area contributed by atoms with E-state index in [0.29, 0.717) is 18.3 Å². The summed E-state index contributed by atoms with van der Waals surface area (Å²) in [5.41, 5.74) is 5.49. The van der Waals surface area contributed by atoms with Crippen LogP contribution in [0.3, 0.4) is 0 Å². The van der Waals surface area contributed by atoms with Gasteiger partial charge in [0.25, 0.3) is 5.91 Å². The molecule has 0 saturated heterocycles. The average Bonchev–Trinajstić information content (AvgIpc) is 2.73. The molecule has 2 N–H and O–H groups in total. The molecule has 0 fully saturated rings. The SMILES string of the molecule is CCc1c(C=O)cc(F)c2onc(C(N)=O)c12. The highest BCUT2D eigenvalue weighted by Gasteiger charge is 2.21. The lowest BCUT2D eigenvalue weighted by molar-refractivity contribution is 0.0992. The monoisotopic (exact) mass is 236 g/mol. The van der Waals surface area contributed by atoms with Crippen LogP contribution in [0.15, 0.2) is 10.6 Å². The first-order valence-corrected chi connectivity index (χ1v) is 4.95. The average molecular weight is 236 g/mol. The molecule has 0 radical (unpaired) electrons. The number of hydrogen-bond donors (Lipinski definition) is 1.